The summed E-state index contributed by atoms with van der Waals surface area (Å²) in [6.45, 7) is 2.15. The van der Waals surface area contributed by atoms with E-state index in [2.05, 4.69) is 6.92 Å². The van der Waals surface area contributed by atoms with E-state index in [-0.39, 0.29) is 4.17 Å². The van der Waals surface area contributed by atoms with Crippen LogP contribution in [0.1, 0.15) is 6.92 Å². The number of hydrogen-bond acceptors (Lipinski definition) is 1. The molecule has 0 aliphatic rings. The quantitative estimate of drug-likeness (QED) is 0.484. The summed E-state index contributed by atoms with van der Waals surface area (Å²) in [5, 5.41) is 0. The van der Waals surface area contributed by atoms with Gasteiger partial charge in [0.05, 0.1) is 0 Å². The van der Waals surface area contributed by atoms with E-state index in [1.165, 1.54) is 36.4 Å². The van der Waals surface area contributed by atoms with E-state index in [4.69, 9.17) is 0 Å². The van der Waals surface area contributed by atoms with Crippen molar-refractivity contribution in [1.29, 1.82) is 0 Å². The summed E-state index contributed by atoms with van der Waals surface area (Å²) >= 11 is 1.29. The fraction of sp³-hybridized carbons (Fsp3) is 0.750. The Hall–Kier alpha value is 1.20. The fourth-order valence-corrected chi connectivity index (χ4v) is 1.31. The summed E-state index contributed by atoms with van der Waals surface area (Å²) in [4.78, 5) is 9.81. The zero-order valence-corrected chi connectivity index (χ0v) is 8.16. The average molecular weight is 192 g/mol. The Kier molecular flexibility index (Phi) is 6.26. The molecule has 0 aliphatic carbocycles. The van der Waals surface area contributed by atoms with Crippen LogP contribution in [0, 0.1) is 0 Å². The third-order valence-electron chi connectivity index (χ3n) is 0.715. The molecule has 0 fully saturated rings. The molecule has 0 N–H and O–H groups in total. The molecule has 0 aromatic rings. The van der Waals surface area contributed by atoms with Gasteiger partial charge < -0.3 is 0 Å². The molecule has 1 unspecified atom stereocenters. The monoisotopic (exact) mass is 192 g/mol. The van der Waals surface area contributed by atoms with E-state index < -0.39 is 0 Å². The Labute approximate surface area is 64.5 Å². The standard InChI is InChI=1S/C4H8OP.Y/c1-2-6-4-3-5;/h3H,2,4H2,1H3;/q-1;+1. The number of carbonyl (C=O) groups is 1. The van der Waals surface area contributed by atoms with Crippen LogP contribution in [-0.2, 0) is 35.1 Å². The van der Waals surface area contributed by atoms with Gasteiger partial charge in [-0.3, -0.25) is 0 Å². The van der Waals surface area contributed by atoms with Gasteiger partial charge in [-0.05, 0) is 0 Å². The Morgan fingerprint density at radius 3 is 2.57 bits per heavy atom. The van der Waals surface area contributed by atoms with Crippen LogP contribution < -0.4 is 0 Å². The first-order chi connectivity index (χ1) is 3.31. The van der Waals surface area contributed by atoms with Gasteiger partial charge in [0.15, 0.2) is 0 Å². The van der Waals surface area contributed by atoms with E-state index in [0.717, 1.165) is 12.4 Å². The molecule has 1 nitrogen and oxygen atoms in total. The predicted molar refractivity (Wildman–Crippen MR) is 28.4 cm³/mol. The Morgan fingerprint density at radius 2 is 2.43 bits per heavy atom. The van der Waals surface area contributed by atoms with Crippen molar-refractivity contribution in [2.24, 2.45) is 0 Å². The molecule has 0 spiro atoms. The molecular formula is C4H8OPY. The number of carbonyl (C=O) groups excluding carboxylic acids is 1. The third-order valence-corrected chi connectivity index (χ3v) is 6.39. The average Bonchev–Trinajstić information content (AvgIpc) is 1.68. The molecule has 0 aromatic carbocycles. The SMILES string of the molecule is CC[P]([Y])CC=O. The van der Waals surface area contributed by atoms with Gasteiger partial charge in [-0.1, -0.05) is 0 Å². The Bertz CT molecular complexity index is 57.7. The number of rotatable bonds is 3. The van der Waals surface area contributed by atoms with Crippen LogP contribution in [0.3, 0.4) is 0 Å². The van der Waals surface area contributed by atoms with E-state index in [9.17, 15) is 4.79 Å². The molecule has 1 atom stereocenters. The Morgan fingerprint density at radius 1 is 1.86 bits per heavy atom. The Balaban J connectivity index is 2.98. The van der Waals surface area contributed by atoms with Crippen molar-refractivity contribution >= 4 is 10.5 Å². The fourth-order valence-electron chi connectivity index (χ4n) is 0.225. The second kappa shape index (κ2) is 5.34. The van der Waals surface area contributed by atoms with E-state index in [1.54, 1.807) is 0 Å². The molecule has 38 valence electrons. The molecule has 0 heterocycles. The molecule has 0 rings (SSSR count). The van der Waals surface area contributed by atoms with Crippen molar-refractivity contribution in [3.63, 3.8) is 0 Å². The van der Waals surface area contributed by atoms with Crippen LogP contribution in [0.4, 0.5) is 0 Å². The molecule has 0 amide bonds. The zero-order valence-electron chi connectivity index (χ0n) is 4.42. The van der Waals surface area contributed by atoms with Crippen molar-refractivity contribution in [3.8, 4) is 0 Å². The normalized spacial score (nSPS) is 13.1. The maximum absolute atomic E-state index is 9.81. The van der Waals surface area contributed by atoms with Gasteiger partial charge in [0.25, 0.3) is 0 Å². The number of hydrogen-bond donors (Lipinski definition) is 0. The summed E-state index contributed by atoms with van der Waals surface area (Å²) in [6.07, 6.45) is 3.12. The maximum atomic E-state index is 9.81. The molecule has 0 saturated heterocycles. The summed E-state index contributed by atoms with van der Waals surface area (Å²) in [7, 11) is 0. The summed E-state index contributed by atoms with van der Waals surface area (Å²) in [5.74, 6) is 0. The molecule has 0 saturated carbocycles. The van der Waals surface area contributed by atoms with Gasteiger partial charge in [-0.2, -0.15) is 0 Å². The van der Waals surface area contributed by atoms with Gasteiger partial charge in [0.1, 0.15) is 0 Å². The van der Waals surface area contributed by atoms with Crippen molar-refractivity contribution in [1.82, 2.24) is 0 Å². The molecule has 0 radical (unpaired) electrons. The zero-order chi connectivity index (χ0) is 5.70. The van der Waals surface area contributed by atoms with Gasteiger partial charge in [0.2, 0.25) is 0 Å². The van der Waals surface area contributed by atoms with Gasteiger partial charge in [0, 0.05) is 0 Å². The topological polar surface area (TPSA) is 17.1 Å². The first-order valence-electron chi connectivity index (χ1n) is 2.24. The number of aldehydes is 1. The minimum atomic E-state index is 0.183. The molecule has 0 bridgehead atoms. The van der Waals surface area contributed by atoms with Crippen LogP contribution in [0.25, 0.3) is 0 Å². The molecule has 0 aromatic heterocycles. The van der Waals surface area contributed by atoms with Gasteiger partial charge >= 0.3 is 64.8 Å². The second-order valence-corrected chi connectivity index (χ2v) is 8.81. The van der Waals surface area contributed by atoms with E-state index in [0.29, 0.717) is 0 Å². The van der Waals surface area contributed by atoms with Crippen LogP contribution >= 0.6 is 4.17 Å². The van der Waals surface area contributed by atoms with Crippen molar-refractivity contribution in [3.05, 3.63) is 0 Å². The molecular weight excluding hydrogens is 184 g/mol. The second-order valence-electron chi connectivity index (χ2n) is 1.25. The summed E-state index contributed by atoms with van der Waals surface area (Å²) < 4.78 is 0.183. The van der Waals surface area contributed by atoms with Crippen LogP contribution in [0.15, 0.2) is 0 Å². The first-order valence-corrected chi connectivity index (χ1v) is 7.83. The van der Waals surface area contributed by atoms with Gasteiger partial charge in [-0.25, -0.2) is 0 Å². The van der Waals surface area contributed by atoms with Gasteiger partial charge in [-0.15, -0.1) is 0 Å². The van der Waals surface area contributed by atoms with Crippen LogP contribution in [0.5, 0.6) is 0 Å². The van der Waals surface area contributed by atoms with Crippen molar-refractivity contribution in [2.75, 3.05) is 12.3 Å². The molecule has 7 heavy (non-hydrogen) atoms. The minimum absolute atomic E-state index is 0.183. The predicted octanol–water partition coefficient (Wildman–Crippen LogP) is 1.15. The molecule has 0 aliphatic heterocycles. The molecule has 3 heteroatoms. The summed E-state index contributed by atoms with van der Waals surface area (Å²) in [5.41, 5.74) is 0. The van der Waals surface area contributed by atoms with Crippen molar-refractivity contribution < 1.29 is 35.1 Å². The van der Waals surface area contributed by atoms with Crippen molar-refractivity contribution in [2.45, 2.75) is 6.92 Å². The van der Waals surface area contributed by atoms with E-state index in [1.807, 2.05) is 0 Å². The third kappa shape index (κ3) is 5.07. The van der Waals surface area contributed by atoms with Crippen LogP contribution in [0.2, 0.25) is 0 Å². The summed E-state index contributed by atoms with van der Waals surface area (Å²) in [6, 6.07) is 0. The van der Waals surface area contributed by atoms with Crippen LogP contribution in [-0.4, -0.2) is 18.6 Å². The first kappa shape index (κ1) is 8.20. The van der Waals surface area contributed by atoms with E-state index >= 15 is 0 Å².